The van der Waals surface area contributed by atoms with E-state index in [2.05, 4.69) is 4.98 Å². The second-order valence-electron chi connectivity index (χ2n) is 4.58. The summed E-state index contributed by atoms with van der Waals surface area (Å²) in [4.78, 5) is 17.8. The van der Waals surface area contributed by atoms with Gasteiger partial charge in [0.2, 0.25) is 0 Å². The number of pyridine rings is 1. The van der Waals surface area contributed by atoms with Gasteiger partial charge in [-0.15, -0.1) is 0 Å². The van der Waals surface area contributed by atoms with E-state index >= 15 is 0 Å². The van der Waals surface area contributed by atoms with Crippen LogP contribution in [0.3, 0.4) is 0 Å². The Labute approximate surface area is 129 Å². The largest absolute Gasteiger partial charge is 0.494 e. The maximum absolute atomic E-state index is 12.3. The highest BCUT2D eigenvalue weighted by atomic mass is 35.5. The van der Waals surface area contributed by atoms with Crippen molar-refractivity contribution < 1.29 is 9.53 Å². The van der Waals surface area contributed by atoms with Crippen molar-refractivity contribution in [1.29, 1.82) is 0 Å². The zero-order chi connectivity index (χ0) is 15.2. The van der Waals surface area contributed by atoms with Crippen molar-refractivity contribution in [3.63, 3.8) is 0 Å². The van der Waals surface area contributed by atoms with E-state index in [9.17, 15) is 4.79 Å². The molecule has 2 aromatic rings. The maximum Gasteiger partial charge on any atom is 0.257 e. The average Bonchev–Trinajstić information content (AvgIpc) is 2.49. The summed E-state index contributed by atoms with van der Waals surface area (Å²) < 4.78 is 5.39. The molecule has 0 atom stereocenters. The van der Waals surface area contributed by atoms with Crippen molar-refractivity contribution in [2.75, 3.05) is 13.7 Å². The first-order chi connectivity index (χ1) is 10.1. The van der Waals surface area contributed by atoms with E-state index in [-0.39, 0.29) is 11.1 Å². The van der Waals surface area contributed by atoms with E-state index < -0.39 is 0 Å². The van der Waals surface area contributed by atoms with Gasteiger partial charge in [0.05, 0.1) is 12.2 Å². The number of nitrogens with zero attached hydrogens (tertiary/aromatic N) is 2. The lowest BCUT2D eigenvalue weighted by molar-refractivity contribution is 0.0785. The third-order valence-corrected chi connectivity index (χ3v) is 3.29. The fraction of sp³-hybridized carbons (Fsp3) is 0.250. The van der Waals surface area contributed by atoms with Crippen LogP contribution in [-0.2, 0) is 6.54 Å². The molecule has 0 radical (unpaired) electrons. The normalized spacial score (nSPS) is 10.2. The van der Waals surface area contributed by atoms with Crippen molar-refractivity contribution in [3.05, 3.63) is 58.9 Å². The van der Waals surface area contributed by atoms with Crippen LogP contribution in [0.5, 0.6) is 5.75 Å². The van der Waals surface area contributed by atoms with Gasteiger partial charge in [0.1, 0.15) is 10.9 Å². The smallest absolute Gasteiger partial charge is 0.257 e. The molecule has 0 N–H and O–H groups in total. The summed E-state index contributed by atoms with van der Waals surface area (Å²) in [5.74, 6) is 0.674. The molecule has 0 spiro atoms. The fourth-order valence-electron chi connectivity index (χ4n) is 1.95. The van der Waals surface area contributed by atoms with Crippen LogP contribution in [0.1, 0.15) is 22.8 Å². The maximum atomic E-state index is 12.3. The Bertz CT molecular complexity index is 614. The van der Waals surface area contributed by atoms with Crippen LogP contribution in [0.2, 0.25) is 5.15 Å². The molecule has 0 unspecified atom stereocenters. The molecule has 110 valence electrons. The first-order valence-corrected chi connectivity index (χ1v) is 7.07. The van der Waals surface area contributed by atoms with E-state index in [1.165, 1.54) is 0 Å². The van der Waals surface area contributed by atoms with Crippen LogP contribution in [0.15, 0.2) is 42.6 Å². The molecule has 0 fully saturated rings. The minimum Gasteiger partial charge on any atom is -0.494 e. The van der Waals surface area contributed by atoms with Gasteiger partial charge in [0.25, 0.3) is 5.91 Å². The molecule has 0 saturated carbocycles. The minimum absolute atomic E-state index is 0.151. The van der Waals surface area contributed by atoms with E-state index in [1.54, 1.807) is 30.3 Å². The monoisotopic (exact) mass is 304 g/mol. The Morgan fingerprint density at radius 1 is 1.29 bits per heavy atom. The number of ether oxygens (including phenoxy) is 1. The number of amides is 1. The molecule has 0 aliphatic heterocycles. The van der Waals surface area contributed by atoms with Crippen molar-refractivity contribution in [3.8, 4) is 5.75 Å². The van der Waals surface area contributed by atoms with Gasteiger partial charge in [-0.2, -0.15) is 0 Å². The van der Waals surface area contributed by atoms with Crippen molar-refractivity contribution in [2.45, 2.75) is 13.5 Å². The Balaban J connectivity index is 2.05. The Morgan fingerprint density at radius 2 is 2.00 bits per heavy atom. The quantitative estimate of drug-likeness (QED) is 0.795. The predicted molar refractivity (Wildman–Crippen MR) is 82.7 cm³/mol. The third kappa shape index (κ3) is 3.95. The molecule has 1 aromatic heterocycles. The van der Waals surface area contributed by atoms with Gasteiger partial charge in [-0.1, -0.05) is 23.7 Å². The van der Waals surface area contributed by atoms with Crippen LogP contribution < -0.4 is 4.74 Å². The molecule has 4 nitrogen and oxygen atoms in total. The van der Waals surface area contributed by atoms with Crippen LogP contribution in [0.4, 0.5) is 0 Å². The molecule has 0 bridgehead atoms. The Hall–Kier alpha value is -2.07. The topological polar surface area (TPSA) is 42.4 Å². The number of hydrogen-bond acceptors (Lipinski definition) is 3. The van der Waals surface area contributed by atoms with Gasteiger partial charge in [-0.05, 0) is 36.8 Å². The van der Waals surface area contributed by atoms with E-state index in [1.807, 2.05) is 31.2 Å². The van der Waals surface area contributed by atoms with Gasteiger partial charge in [-0.25, -0.2) is 4.98 Å². The molecule has 5 heteroatoms. The molecule has 0 saturated heterocycles. The number of carbonyl (C=O) groups excluding carboxylic acids is 1. The standard InChI is InChI=1S/C16H17ClN2O2/c1-3-21-13-8-6-12(7-9-13)11-19(2)16(20)14-5-4-10-18-15(14)17/h4-10H,3,11H2,1-2H3. The molecule has 0 aliphatic rings. The summed E-state index contributed by atoms with van der Waals surface area (Å²) in [6.45, 7) is 3.08. The van der Waals surface area contributed by atoms with Crippen molar-refractivity contribution in [2.24, 2.45) is 0 Å². The minimum atomic E-state index is -0.151. The first kappa shape index (κ1) is 15.3. The molecule has 1 aromatic carbocycles. The highest BCUT2D eigenvalue weighted by Gasteiger charge is 2.15. The molecule has 21 heavy (non-hydrogen) atoms. The van der Waals surface area contributed by atoms with Gasteiger partial charge >= 0.3 is 0 Å². The van der Waals surface area contributed by atoms with Crippen LogP contribution in [0, 0.1) is 0 Å². The molecule has 0 aliphatic carbocycles. The number of rotatable bonds is 5. The highest BCUT2D eigenvalue weighted by Crippen LogP contribution is 2.17. The zero-order valence-corrected chi connectivity index (χ0v) is 12.8. The lowest BCUT2D eigenvalue weighted by Crippen LogP contribution is -2.26. The summed E-state index contributed by atoms with van der Waals surface area (Å²) in [5.41, 5.74) is 1.43. The van der Waals surface area contributed by atoms with Gasteiger partial charge in [-0.3, -0.25) is 4.79 Å². The van der Waals surface area contributed by atoms with Crippen LogP contribution in [-0.4, -0.2) is 29.4 Å². The van der Waals surface area contributed by atoms with E-state index in [4.69, 9.17) is 16.3 Å². The first-order valence-electron chi connectivity index (χ1n) is 6.69. The highest BCUT2D eigenvalue weighted by molar-refractivity contribution is 6.32. The predicted octanol–water partition coefficient (Wildman–Crippen LogP) is 3.41. The number of carbonyl (C=O) groups is 1. The summed E-state index contributed by atoms with van der Waals surface area (Å²) in [5, 5.41) is 0.223. The molecular weight excluding hydrogens is 288 g/mol. The molecule has 1 amide bonds. The Morgan fingerprint density at radius 3 is 2.62 bits per heavy atom. The van der Waals surface area contributed by atoms with Gasteiger partial charge in [0.15, 0.2) is 0 Å². The van der Waals surface area contributed by atoms with Crippen molar-refractivity contribution in [1.82, 2.24) is 9.88 Å². The summed E-state index contributed by atoms with van der Waals surface area (Å²) >= 11 is 5.95. The van der Waals surface area contributed by atoms with E-state index in [0.29, 0.717) is 18.7 Å². The van der Waals surface area contributed by atoms with Crippen LogP contribution in [0.25, 0.3) is 0 Å². The second-order valence-corrected chi connectivity index (χ2v) is 4.94. The van der Waals surface area contributed by atoms with Gasteiger partial charge in [0, 0.05) is 19.8 Å². The number of benzene rings is 1. The van der Waals surface area contributed by atoms with Gasteiger partial charge < -0.3 is 9.64 Å². The van der Waals surface area contributed by atoms with Crippen molar-refractivity contribution >= 4 is 17.5 Å². The third-order valence-electron chi connectivity index (χ3n) is 2.99. The van der Waals surface area contributed by atoms with E-state index in [0.717, 1.165) is 11.3 Å². The molecule has 2 rings (SSSR count). The lowest BCUT2D eigenvalue weighted by atomic mass is 10.2. The lowest BCUT2D eigenvalue weighted by Gasteiger charge is -2.18. The SMILES string of the molecule is CCOc1ccc(CN(C)C(=O)c2cccnc2Cl)cc1. The number of aromatic nitrogens is 1. The number of halogens is 1. The Kier molecular flexibility index (Phi) is 5.17. The second kappa shape index (κ2) is 7.09. The average molecular weight is 305 g/mol. The summed E-state index contributed by atoms with van der Waals surface area (Å²) in [6.07, 6.45) is 1.56. The fourth-order valence-corrected chi connectivity index (χ4v) is 2.15. The number of hydrogen-bond donors (Lipinski definition) is 0. The molecule has 1 heterocycles. The van der Waals surface area contributed by atoms with Crippen LogP contribution >= 0.6 is 11.6 Å². The summed E-state index contributed by atoms with van der Waals surface area (Å²) in [6, 6.07) is 11.1. The zero-order valence-electron chi connectivity index (χ0n) is 12.0. The summed E-state index contributed by atoms with van der Waals surface area (Å²) in [7, 11) is 1.74. The molecular formula is C16H17ClN2O2.